The number of aromatic nitrogens is 1. The molecule has 1 heterocycles. The van der Waals surface area contributed by atoms with Crippen molar-refractivity contribution < 1.29 is 19.8 Å². The first-order chi connectivity index (χ1) is 7.04. The van der Waals surface area contributed by atoms with Crippen molar-refractivity contribution in [2.75, 3.05) is 0 Å². The molecule has 82 valence electrons. The highest BCUT2D eigenvalue weighted by molar-refractivity contribution is 5.74. The van der Waals surface area contributed by atoms with Crippen molar-refractivity contribution >= 4 is 11.9 Å². The second-order valence-corrected chi connectivity index (χ2v) is 3.12. The number of rotatable bonds is 5. The predicted molar refractivity (Wildman–Crippen MR) is 51.4 cm³/mol. The van der Waals surface area contributed by atoms with Crippen LogP contribution in [0.3, 0.4) is 0 Å². The first-order valence-electron chi connectivity index (χ1n) is 4.36. The normalized spacial score (nSPS) is 10.2. The van der Waals surface area contributed by atoms with Crippen molar-refractivity contribution in [3.63, 3.8) is 0 Å². The minimum Gasteiger partial charge on any atom is -0.481 e. The van der Waals surface area contributed by atoms with E-state index in [0.29, 0.717) is 16.8 Å². The molecule has 15 heavy (non-hydrogen) atoms. The molecule has 0 saturated heterocycles. The molecule has 0 atom stereocenters. The average molecular weight is 212 g/mol. The zero-order valence-electron chi connectivity index (χ0n) is 7.99. The van der Waals surface area contributed by atoms with E-state index < -0.39 is 11.9 Å². The fraction of sp³-hybridized carbons (Fsp3) is 0.333. The van der Waals surface area contributed by atoms with Gasteiger partial charge in [-0.05, 0) is 11.1 Å². The minimum atomic E-state index is -1.00. The molecule has 0 aromatic carbocycles. The molecule has 6 heteroatoms. The summed E-state index contributed by atoms with van der Waals surface area (Å²) in [6.07, 6.45) is 1.09. The van der Waals surface area contributed by atoms with Gasteiger partial charge in [0.05, 0.1) is 12.8 Å². The highest BCUT2D eigenvalue weighted by Gasteiger charge is 2.15. The maximum Gasteiger partial charge on any atom is 0.307 e. The van der Waals surface area contributed by atoms with Crippen LogP contribution in [0.2, 0.25) is 0 Å². The third-order valence-corrected chi connectivity index (χ3v) is 2.05. The number of nitrogens with one attached hydrogen (secondary N) is 1. The van der Waals surface area contributed by atoms with Gasteiger partial charge in [-0.1, -0.05) is 0 Å². The molecule has 1 aromatic heterocycles. The van der Waals surface area contributed by atoms with Gasteiger partial charge in [-0.2, -0.15) is 0 Å². The van der Waals surface area contributed by atoms with Crippen LogP contribution in [0.15, 0.2) is 6.20 Å². The molecule has 0 unspecified atom stereocenters. The Kier molecular flexibility index (Phi) is 3.46. The van der Waals surface area contributed by atoms with Gasteiger partial charge in [-0.25, -0.2) is 0 Å². The van der Waals surface area contributed by atoms with Crippen molar-refractivity contribution in [2.24, 2.45) is 5.73 Å². The summed E-state index contributed by atoms with van der Waals surface area (Å²) in [5, 5.41) is 17.3. The second kappa shape index (κ2) is 4.61. The molecule has 6 nitrogen and oxygen atoms in total. The van der Waals surface area contributed by atoms with Crippen molar-refractivity contribution in [3.8, 4) is 0 Å². The molecule has 0 aliphatic rings. The quantitative estimate of drug-likeness (QED) is 0.536. The van der Waals surface area contributed by atoms with E-state index in [1.165, 1.54) is 6.20 Å². The Hall–Kier alpha value is -1.82. The Labute approximate surface area is 85.7 Å². The fourth-order valence-corrected chi connectivity index (χ4v) is 1.42. The van der Waals surface area contributed by atoms with Crippen LogP contribution in [0.1, 0.15) is 16.8 Å². The summed E-state index contributed by atoms with van der Waals surface area (Å²) < 4.78 is 0. The number of carboxylic acids is 2. The van der Waals surface area contributed by atoms with Crippen molar-refractivity contribution in [2.45, 2.75) is 19.4 Å². The molecule has 0 fully saturated rings. The highest BCUT2D eigenvalue weighted by atomic mass is 16.4. The van der Waals surface area contributed by atoms with Crippen LogP contribution in [0, 0.1) is 0 Å². The first-order valence-corrected chi connectivity index (χ1v) is 4.36. The molecular weight excluding hydrogens is 200 g/mol. The zero-order chi connectivity index (χ0) is 11.4. The maximum atomic E-state index is 10.6. The van der Waals surface area contributed by atoms with Crippen LogP contribution in [-0.4, -0.2) is 27.1 Å². The number of carbonyl (C=O) groups is 2. The van der Waals surface area contributed by atoms with E-state index in [1.54, 1.807) is 0 Å². The van der Waals surface area contributed by atoms with E-state index in [2.05, 4.69) is 4.98 Å². The van der Waals surface area contributed by atoms with Gasteiger partial charge in [0.2, 0.25) is 0 Å². The van der Waals surface area contributed by atoms with E-state index in [4.69, 9.17) is 15.9 Å². The van der Waals surface area contributed by atoms with E-state index in [-0.39, 0.29) is 19.4 Å². The molecule has 5 N–H and O–H groups in total. The fourth-order valence-electron chi connectivity index (χ4n) is 1.42. The number of nitrogens with two attached hydrogens (primary N) is 1. The molecule has 0 aliphatic heterocycles. The Morgan fingerprint density at radius 1 is 1.27 bits per heavy atom. The van der Waals surface area contributed by atoms with Gasteiger partial charge in [0.1, 0.15) is 0 Å². The lowest BCUT2D eigenvalue weighted by Gasteiger charge is -2.01. The van der Waals surface area contributed by atoms with Crippen LogP contribution < -0.4 is 5.73 Å². The molecule has 0 saturated carbocycles. The van der Waals surface area contributed by atoms with E-state index in [9.17, 15) is 9.59 Å². The van der Waals surface area contributed by atoms with E-state index in [0.717, 1.165) is 0 Å². The Morgan fingerprint density at radius 2 is 1.87 bits per heavy atom. The molecule has 1 aromatic rings. The summed E-state index contributed by atoms with van der Waals surface area (Å²) in [5.74, 6) is -2.00. The molecule has 1 rings (SSSR count). The standard InChI is InChI=1S/C9H12N2O4/c10-3-7-6(2-9(14)15)5(4-11-7)1-8(12)13/h4,11H,1-3,10H2,(H,12,13)(H,14,15). The van der Waals surface area contributed by atoms with E-state index in [1.807, 2.05) is 0 Å². The number of aromatic amines is 1. The van der Waals surface area contributed by atoms with Crippen LogP contribution in [-0.2, 0) is 29.0 Å². The van der Waals surface area contributed by atoms with E-state index >= 15 is 0 Å². The highest BCUT2D eigenvalue weighted by Crippen LogP contribution is 2.15. The zero-order valence-corrected chi connectivity index (χ0v) is 7.99. The third-order valence-electron chi connectivity index (χ3n) is 2.05. The topological polar surface area (TPSA) is 116 Å². The van der Waals surface area contributed by atoms with Crippen LogP contribution >= 0.6 is 0 Å². The van der Waals surface area contributed by atoms with Gasteiger partial charge in [0.25, 0.3) is 0 Å². The molecule has 0 radical (unpaired) electrons. The number of hydrogen-bond acceptors (Lipinski definition) is 3. The van der Waals surface area contributed by atoms with Crippen LogP contribution in [0.5, 0.6) is 0 Å². The number of aliphatic carboxylic acids is 2. The summed E-state index contributed by atoms with van der Waals surface area (Å²) in [7, 11) is 0. The monoisotopic (exact) mass is 212 g/mol. The van der Waals surface area contributed by atoms with Crippen molar-refractivity contribution in [3.05, 3.63) is 23.0 Å². The Morgan fingerprint density at radius 3 is 2.33 bits per heavy atom. The number of hydrogen-bond donors (Lipinski definition) is 4. The first kappa shape index (κ1) is 11.3. The van der Waals surface area contributed by atoms with Gasteiger partial charge < -0.3 is 20.9 Å². The smallest absolute Gasteiger partial charge is 0.307 e. The largest absolute Gasteiger partial charge is 0.481 e. The van der Waals surface area contributed by atoms with Gasteiger partial charge in [-0.3, -0.25) is 9.59 Å². The Balaban J connectivity index is 2.99. The summed E-state index contributed by atoms with van der Waals surface area (Å²) in [6, 6.07) is 0. The van der Waals surface area contributed by atoms with Crippen molar-refractivity contribution in [1.29, 1.82) is 0 Å². The summed E-state index contributed by atoms with van der Waals surface area (Å²) in [6.45, 7) is 0.169. The predicted octanol–water partition coefficient (Wildman–Crippen LogP) is -0.272. The summed E-state index contributed by atoms with van der Waals surface area (Å²) in [4.78, 5) is 23.9. The van der Waals surface area contributed by atoms with Crippen LogP contribution in [0.4, 0.5) is 0 Å². The molecule has 0 amide bonds. The van der Waals surface area contributed by atoms with Crippen molar-refractivity contribution in [1.82, 2.24) is 4.98 Å². The molecular formula is C9H12N2O4. The SMILES string of the molecule is NCc1[nH]cc(CC(=O)O)c1CC(=O)O. The molecule has 0 spiro atoms. The van der Waals surface area contributed by atoms with Gasteiger partial charge >= 0.3 is 11.9 Å². The lowest BCUT2D eigenvalue weighted by Crippen LogP contribution is -2.09. The average Bonchev–Trinajstić information content (AvgIpc) is 2.47. The molecule has 0 aliphatic carbocycles. The van der Waals surface area contributed by atoms with Crippen LogP contribution in [0.25, 0.3) is 0 Å². The summed E-state index contributed by atoms with van der Waals surface area (Å²) >= 11 is 0. The third kappa shape index (κ3) is 2.81. The molecule has 0 bridgehead atoms. The summed E-state index contributed by atoms with van der Waals surface area (Å²) in [5.41, 5.74) is 6.93. The van der Waals surface area contributed by atoms with Gasteiger partial charge in [-0.15, -0.1) is 0 Å². The minimum absolute atomic E-state index is 0.169. The van der Waals surface area contributed by atoms with Gasteiger partial charge in [0.15, 0.2) is 0 Å². The maximum absolute atomic E-state index is 10.6. The Bertz CT molecular complexity index is 383. The lowest BCUT2D eigenvalue weighted by molar-refractivity contribution is -0.137. The second-order valence-electron chi connectivity index (χ2n) is 3.12. The number of H-pyrrole nitrogens is 1. The number of carboxylic acid groups (broad SMARTS) is 2. The lowest BCUT2D eigenvalue weighted by atomic mass is 10.0. The van der Waals surface area contributed by atoms with Gasteiger partial charge in [0, 0.05) is 18.4 Å².